The minimum Gasteiger partial charge on any atom is -0.508 e. The molecule has 1 saturated heterocycles. The van der Waals surface area contributed by atoms with Gasteiger partial charge in [-0.15, -0.1) is 0 Å². The highest BCUT2D eigenvalue weighted by molar-refractivity contribution is 5.75. The molecule has 1 fully saturated rings. The lowest BCUT2D eigenvalue weighted by molar-refractivity contribution is -0.151. The predicted octanol–water partition coefficient (Wildman–Crippen LogP) is 2.46. The number of aromatic hydroxyl groups is 1. The SMILES string of the molecule is CC(C)C1(C(=O)O)CCN(Cc2cc(F)ccc2O)C1. The molecular formula is C15H20FNO3. The summed E-state index contributed by atoms with van der Waals surface area (Å²) in [5.74, 6) is -1.10. The van der Waals surface area contributed by atoms with Gasteiger partial charge in [0.15, 0.2) is 0 Å². The second-order valence-electron chi connectivity index (χ2n) is 5.85. The average Bonchev–Trinajstić information content (AvgIpc) is 2.79. The fourth-order valence-electron chi connectivity index (χ4n) is 2.86. The number of hydrogen-bond donors (Lipinski definition) is 2. The lowest BCUT2D eigenvalue weighted by atomic mass is 9.76. The highest BCUT2D eigenvalue weighted by Gasteiger charge is 2.47. The summed E-state index contributed by atoms with van der Waals surface area (Å²) in [5, 5.41) is 19.2. The van der Waals surface area contributed by atoms with Crippen LogP contribution in [-0.4, -0.2) is 34.2 Å². The molecule has 1 heterocycles. The Morgan fingerprint density at radius 2 is 2.20 bits per heavy atom. The molecule has 0 bridgehead atoms. The van der Waals surface area contributed by atoms with Crippen LogP contribution in [0.2, 0.25) is 0 Å². The minimum atomic E-state index is -0.779. The van der Waals surface area contributed by atoms with E-state index < -0.39 is 17.2 Å². The smallest absolute Gasteiger partial charge is 0.311 e. The molecule has 0 aliphatic carbocycles. The van der Waals surface area contributed by atoms with Crippen LogP contribution in [0.5, 0.6) is 5.75 Å². The molecule has 1 aromatic carbocycles. The zero-order chi connectivity index (χ0) is 14.9. The molecule has 4 nitrogen and oxygen atoms in total. The maximum absolute atomic E-state index is 13.2. The van der Waals surface area contributed by atoms with E-state index in [-0.39, 0.29) is 11.7 Å². The van der Waals surface area contributed by atoms with Gasteiger partial charge in [0, 0.05) is 18.7 Å². The number of nitrogens with zero attached hydrogens (tertiary/aromatic N) is 1. The zero-order valence-corrected chi connectivity index (χ0v) is 11.8. The van der Waals surface area contributed by atoms with Crippen molar-refractivity contribution in [2.75, 3.05) is 13.1 Å². The highest BCUT2D eigenvalue weighted by atomic mass is 19.1. The molecule has 0 aromatic heterocycles. The number of carboxylic acid groups (broad SMARTS) is 1. The van der Waals surface area contributed by atoms with Crippen LogP contribution < -0.4 is 0 Å². The van der Waals surface area contributed by atoms with Crippen molar-refractivity contribution in [2.45, 2.75) is 26.8 Å². The minimum absolute atomic E-state index is 0.0334. The van der Waals surface area contributed by atoms with Gasteiger partial charge in [0.05, 0.1) is 5.41 Å². The summed E-state index contributed by atoms with van der Waals surface area (Å²) in [6, 6.07) is 3.83. The fourth-order valence-corrected chi connectivity index (χ4v) is 2.86. The van der Waals surface area contributed by atoms with Gasteiger partial charge in [-0.2, -0.15) is 0 Å². The summed E-state index contributed by atoms with van der Waals surface area (Å²) in [7, 11) is 0. The first kappa shape index (κ1) is 14.8. The van der Waals surface area contributed by atoms with Gasteiger partial charge in [0.25, 0.3) is 0 Å². The largest absolute Gasteiger partial charge is 0.508 e. The van der Waals surface area contributed by atoms with E-state index in [2.05, 4.69) is 0 Å². The van der Waals surface area contributed by atoms with Crippen molar-refractivity contribution < 1.29 is 19.4 Å². The van der Waals surface area contributed by atoms with Crippen LogP contribution in [0.15, 0.2) is 18.2 Å². The molecule has 1 unspecified atom stereocenters. The number of benzene rings is 1. The van der Waals surface area contributed by atoms with E-state index in [1.54, 1.807) is 0 Å². The molecule has 0 spiro atoms. The van der Waals surface area contributed by atoms with E-state index in [0.717, 1.165) is 0 Å². The van der Waals surface area contributed by atoms with Gasteiger partial charge in [-0.05, 0) is 37.1 Å². The Hall–Kier alpha value is -1.62. The number of carboxylic acids is 1. The molecule has 20 heavy (non-hydrogen) atoms. The molecule has 1 aliphatic heterocycles. The Morgan fingerprint density at radius 3 is 2.75 bits per heavy atom. The lowest BCUT2D eigenvalue weighted by Crippen LogP contribution is -2.39. The van der Waals surface area contributed by atoms with Crippen molar-refractivity contribution in [1.29, 1.82) is 0 Å². The monoisotopic (exact) mass is 281 g/mol. The van der Waals surface area contributed by atoms with Gasteiger partial charge in [0.1, 0.15) is 11.6 Å². The number of aliphatic carboxylic acids is 1. The second kappa shape index (κ2) is 5.40. The normalized spacial score (nSPS) is 23.4. The van der Waals surface area contributed by atoms with Gasteiger partial charge in [-0.1, -0.05) is 13.8 Å². The van der Waals surface area contributed by atoms with Crippen LogP contribution in [0, 0.1) is 17.2 Å². The Bertz CT molecular complexity index is 518. The van der Waals surface area contributed by atoms with E-state index in [9.17, 15) is 19.4 Å². The van der Waals surface area contributed by atoms with Crippen LogP contribution in [0.25, 0.3) is 0 Å². The molecule has 1 atom stereocenters. The third-order valence-electron chi connectivity index (χ3n) is 4.35. The van der Waals surface area contributed by atoms with Crippen LogP contribution in [0.1, 0.15) is 25.8 Å². The molecule has 0 saturated carbocycles. The highest BCUT2D eigenvalue weighted by Crippen LogP contribution is 2.39. The second-order valence-corrected chi connectivity index (χ2v) is 5.85. The van der Waals surface area contributed by atoms with Crippen LogP contribution >= 0.6 is 0 Å². The Kier molecular flexibility index (Phi) is 3.99. The van der Waals surface area contributed by atoms with Crippen molar-refractivity contribution in [2.24, 2.45) is 11.3 Å². The molecular weight excluding hydrogens is 261 g/mol. The van der Waals surface area contributed by atoms with Crippen molar-refractivity contribution in [3.05, 3.63) is 29.6 Å². The molecule has 0 radical (unpaired) electrons. The number of rotatable bonds is 4. The molecule has 5 heteroatoms. The molecule has 0 amide bonds. The van der Waals surface area contributed by atoms with Crippen molar-refractivity contribution >= 4 is 5.97 Å². The third kappa shape index (κ3) is 2.63. The van der Waals surface area contributed by atoms with Gasteiger partial charge < -0.3 is 10.2 Å². The first-order valence-corrected chi connectivity index (χ1v) is 6.78. The van der Waals surface area contributed by atoms with E-state index in [1.807, 2.05) is 18.7 Å². The number of phenolic OH excluding ortho intramolecular Hbond substituents is 1. The van der Waals surface area contributed by atoms with Crippen molar-refractivity contribution in [3.8, 4) is 5.75 Å². The number of carbonyl (C=O) groups is 1. The Labute approximate surface area is 117 Å². The summed E-state index contributed by atoms with van der Waals surface area (Å²) in [4.78, 5) is 13.5. The van der Waals surface area contributed by atoms with Crippen LogP contribution in [0.4, 0.5) is 4.39 Å². The van der Waals surface area contributed by atoms with Crippen LogP contribution in [-0.2, 0) is 11.3 Å². The van der Waals surface area contributed by atoms with E-state index in [1.165, 1.54) is 18.2 Å². The average molecular weight is 281 g/mol. The maximum atomic E-state index is 13.2. The summed E-state index contributed by atoms with van der Waals surface area (Å²) in [6.45, 7) is 5.26. The Morgan fingerprint density at radius 1 is 1.50 bits per heavy atom. The Balaban J connectivity index is 2.14. The summed E-state index contributed by atoms with van der Waals surface area (Å²) < 4.78 is 13.2. The predicted molar refractivity (Wildman–Crippen MR) is 72.9 cm³/mol. The molecule has 110 valence electrons. The standard InChI is InChI=1S/C15H20FNO3/c1-10(2)15(14(19)20)5-6-17(9-15)8-11-7-12(16)3-4-13(11)18/h3-4,7,10,18H,5-6,8-9H2,1-2H3,(H,19,20). The fraction of sp³-hybridized carbons (Fsp3) is 0.533. The molecule has 1 aliphatic rings. The van der Waals surface area contributed by atoms with Gasteiger partial charge in [-0.3, -0.25) is 9.69 Å². The van der Waals surface area contributed by atoms with Crippen LogP contribution in [0.3, 0.4) is 0 Å². The topological polar surface area (TPSA) is 60.8 Å². The number of likely N-dealkylation sites (tertiary alicyclic amines) is 1. The van der Waals surface area contributed by atoms with Gasteiger partial charge in [-0.25, -0.2) is 4.39 Å². The van der Waals surface area contributed by atoms with Crippen molar-refractivity contribution in [3.63, 3.8) is 0 Å². The van der Waals surface area contributed by atoms with E-state index in [4.69, 9.17) is 0 Å². The first-order chi connectivity index (χ1) is 9.35. The third-order valence-corrected chi connectivity index (χ3v) is 4.35. The van der Waals surface area contributed by atoms with E-state index >= 15 is 0 Å². The quantitative estimate of drug-likeness (QED) is 0.890. The molecule has 1 aromatic rings. The first-order valence-electron chi connectivity index (χ1n) is 6.78. The van der Waals surface area contributed by atoms with E-state index in [0.29, 0.717) is 31.6 Å². The van der Waals surface area contributed by atoms with Gasteiger partial charge >= 0.3 is 5.97 Å². The zero-order valence-electron chi connectivity index (χ0n) is 11.8. The van der Waals surface area contributed by atoms with Crippen molar-refractivity contribution in [1.82, 2.24) is 4.90 Å². The molecule has 2 rings (SSSR count). The maximum Gasteiger partial charge on any atom is 0.311 e. The number of hydrogen-bond acceptors (Lipinski definition) is 3. The summed E-state index contributed by atoms with van der Waals surface area (Å²) in [6.07, 6.45) is 0.579. The summed E-state index contributed by atoms with van der Waals surface area (Å²) >= 11 is 0. The van der Waals surface area contributed by atoms with Gasteiger partial charge in [0.2, 0.25) is 0 Å². The molecule has 2 N–H and O–H groups in total. The number of phenols is 1. The lowest BCUT2D eigenvalue weighted by Gasteiger charge is -2.29. The number of halogens is 1. The summed E-state index contributed by atoms with van der Waals surface area (Å²) in [5.41, 5.74) is -0.252.